The Balaban J connectivity index is 1.78. The molecule has 0 spiro atoms. The third-order valence-electron chi connectivity index (χ3n) is 3.59. The van der Waals surface area contributed by atoms with Crippen LogP contribution in [0.1, 0.15) is 24.0 Å². The molecule has 0 bridgehead atoms. The Morgan fingerprint density at radius 3 is 2.40 bits per heavy atom. The van der Waals surface area contributed by atoms with E-state index in [9.17, 15) is 0 Å². The van der Waals surface area contributed by atoms with Gasteiger partial charge in [0.25, 0.3) is 0 Å². The van der Waals surface area contributed by atoms with Crippen molar-refractivity contribution in [1.82, 2.24) is 9.88 Å². The van der Waals surface area contributed by atoms with Gasteiger partial charge in [-0.25, -0.2) is 0 Å². The number of pyridine rings is 1. The van der Waals surface area contributed by atoms with Crippen LogP contribution in [0.3, 0.4) is 0 Å². The van der Waals surface area contributed by atoms with E-state index >= 15 is 0 Å². The number of hydrogen-bond donors (Lipinski definition) is 0. The van der Waals surface area contributed by atoms with Crippen molar-refractivity contribution in [1.29, 1.82) is 0 Å². The molecule has 0 atom stereocenters. The molecule has 2 nitrogen and oxygen atoms in total. The topological polar surface area (TPSA) is 16.1 Å². The lowest BCUT2D eigenvalue weighted by atomic mass is 10.2. The summed E-state index contributed by atoms with van der Waals surface area (Å²) in [6, 6.07) is 10.4. The Morgan fingerprint density at radius 1 is 1.05 bits per heavy atom. The second kappa shape index (κ2) is 6.13. The summed E-state index contributed by atoms with van der Waals surface area (Å²) in [6.45, 7) is 1.68. The van der Waals surface area contributed by atoms with Crippen molar-refractivity contribution in [3.05, 3.63) is 63.9 Å². The number of aromatic nitrogens is 1. The highest BCUT2D eigenvalue weighted by Gasteiger charge is 2.29. The number of nitrogens with zero attached hydrogens (tertiary/aromatic N) is 2. The summed E-state index contributed by atoms with van der Waals surface area (Å²) in [6.07, 6.45) is 6.23. The van der Waals surface area contributed by atoms with Gasteiger partial charge in [-0.1, -0.05) is 35.3 Å². The van der Waals surface area contributed by atoms with E-state index in [1.54, 1.807) is 6.20 Å². The van der Waals surface area contributed by atoms with E-state index in [-0.39, 0.29) is 0 Å². The number of hydrogen-bond acceptors (Lipinski definition) is 2. The lowest BCUT2D eigenvalue weighted by Crippen LogP contribution is -2.25. The fourth-order valence-corrected chi connectivity index (χ4v) is 2.88. The molecule has 0 saturated heterocycles. The molecule has 0 amide bonds. The van der Waals surface area contributed by atoms with Gasteiger partial charge in [-0.05, 0) is 36.6 Å². The van der Waals surface area contributed by atoms with Gasteiger partial charge in [0.1, 0.15) is 0 Å². The summed E-state index contributed by atoms with van der Waals surface area (Å²) in [7, 11) is 0. The van der Waals surface area contributed by atoms with Crippen LogP contribution in [-0.4, -0.2) is 15.9 Å². The maximum atomic E-state index is 6.28. The van der Waals surface area contributed by atoms with Gasteiger partial charge in [0.15, 0.2) is 0 Å². The Bertz CT molecular complexity index is 562. The van der Waals surface area contributed by atoms with E-state index in [4.69, 9.17) is 23.2 Å². The molecule has 1 saturated carbocycles. The Morgan fingerprint density at radius 2 is 1.80 bits per heavy atom. The molecule has 1 fully saturated rings. The van der Waals surface area contributed by atoms with Gasteiger partial charge < -0.3 is 0 Å². The molecule has 1 heterocycles. The SMILES string of the molecule is Clc1cccc(Cl)c1CN(Cc1cccnc1)C1CC1. The zero-order valence-electron chi connectivity index (χ0n) is 11.1. The van der Waals surface area contributed by atoms with Crippen LogP contribution in [-0.2, 0) is 13.1 Å². The average molecular weight is 307 g/mol. The van der Waals surface area contributed by atoms with Crippen molar-refractivity contribution < 1.29 is 0 Å². The van der Waals surface area contributed by atoms with Crippen LogP contribution in [0.4, 0.5) is 0 Å². The van der Waals surface area contributed by atoms with Gasteiger partial charge in [-0.3, -0.25) is 9.88 Å². The van der Waals surface area contributed by atoms with Gasteiger partial charge >= 0.3 is 0 Å². The van der Waals surface area contributed by atoms with E-state index in [1.165, 1.54) is 18.4 Å². The highest BCUT2D eigenvalue weighted by molar-refractivity contribution is 6.35. The molecule has 0 N–H and O–H groups in total. The normalized spacial score (nSPS) is 14.8. The van der Waals surface area contributed by atoms with Gasteiger partial charge in [0, 0.05) is 47.1 Å². The van der Waals surface area contributed by atoms with Crippen LogP contribution < -0.4 is 0 Å². The highest BCUT2D eigenvalue weighted by atomic mass is 35.5. The molecule has 20 heavy (non-hydrogen) atoms. The predicted molar refractivity (Wildman–Crippen MR) is 83.0 cm³/mol. The number of halogens is 2. The van der Waals surface area contributed by atoms with Crippen LogP contribution >= 0.6 is 23.2 Å². The highest BCUT2D eigenvalue weighted by Crippen LogP contribution is 2.33. The lowest BCUT2D eigenvalue weighted by Gasteiger charge is -2.23. The summed E-state index contributed by atoms with van der Waals surface area (Å²) < 4.78 is 0. The minimum Gasteiger partial charge on any atom is -0.292 e. The molecule has 1 aromatic heterocycles. The summed E-state index contributed by atoms with van der Waals surface area (Å²) in [5.41, 5.74) is 2.24. The van der Waals surface area contributed by atoms with E-state index in [2.05, 4.69) is 16.0 Å². The van der Waals surface area contributed by atoms with Crippen molar-refractivity contribution in [3.8, 4) is 0 Å². The summed E-state index contributed by atoms with van der Waals surface area (Å²) in [5.74, 6) is 0. The van der Waals surface area contributed by atoms with Gasteiger partial charge in [-0.2, -0.15) is 0 Å². The lowest BCUT2D eigenvalue weighted by molar-refractivity contribution is 0.245. The fraction of sp³-hybridized carbons (Fsp3) is 0.312. The van der Waals surface area contributed by atoms with Crippen molar-refractivity contribution in [2.45, 2.75) is 32.0 Å². The zero-order valence-corrected chi connectivity index (χ0v) is 12.6. The molecule has 0 aliphatic heterocycles. The fourth-order valence-electron chi connectivity index (χ4n) is 2.37. The van der Waals surface area contributed by atoms with Crippen LogP contribution in [0, 0.1) is 0 Å². The Labute approximate surface area is 129 Å². The number of rotatable bonds is 5. The van der Waals surface area contributed by atoms with Crippen molar-refractivity contribution in [3.63, 3.8) is 0 Å². The molecular formula is C16H16Cl2N2. The summed E-state index contributed by atoms with van der Waals surface area (Å²) >= 11 is 12.6. The van der Waals surface area contributed by atoms with E-state index in [1.807, 2.05) is 30.5 Å². The maximum absolute atomic E-state index is 6.28. The molecule has 2 aromatic rings. The van der Waals surface area contributed by atoms with E-state index in [0.29, 0.717) is 6.04 Å². The standard InChI is InChI=1S/C16H16Cl2N2/c17-15-4-1-5-16(18)14(15)11-20(13-6-7-13)10-12-3-2-8-19-9-12/h1-5,8-9,13H,6-7,10-11H2. The first-order valence-corrected chi connectivity index (χ1v) is 7.55. The van der Waals surface area contributed by atoms with Gasteiger partial charge in [0.05, 0.1) is 0 Å². The summed E-state index contributed by atoms with van der Waals surface area (Å²) in [5, 5.41) is 1.49. The first kappa shape index (κ1) is 13.9. The van der Waals surface area contributed by atoms with Crippen molar-refractivity contribution >= 4 is 23.2 Å². The third kappa shape index (κ3) is 3.32. The van der Waals surface area contributed by atoms with E-state index < -0.39 is 0 Å². The first-order valence-electron chi connectivity index (χ1n) is 6.80. The molecule has 0 radical (unpaired) electrons. The average Bonchev–Trinajstić information content (AvgIpc) is 3.27. The minimum absolute atomic E-state index is 0.641. The molecule has 4 heteroatoms. The van der Waals surface area contributed by atoms with Gasteiger partial charge in [0.2, 0.25) is 0 Å². The number of benzene rings is 1. The second-order valence-corrected chi connectivity index (χ2v) is 6.01. The Kier molecular flexibility index (Phi) is 4.25. The molecular weight excluding hydrogens is 291 g/mol. The summed E-state index contributed by atoms with van der Waals surface area (Å²) in [4.78, 5) is 6.62. The van der Waals surface area contributed by atoms with Crippen molar-refractivity contribution in [2.24, 2.45) is 0 Å². The molecule has 3 rings (SSSR count). The maximum Gasteiger partial charge on any atom is 0.0465 e. The Hall–Kier alpha value is -1.09. The largest absolute Gasteiger partial charge is 0.292 e. The quantitative estimate of drug-likeness (QED) is 0.805. The van der Waals surface area contributed by atoms with Crippen LogP contribution in [0.2, 0.25) is 10.0 Å². The van der Waals surface area contributed by atoms with Crippen LogP contribution in [0.25, 0.3) is 0 Å². The third-order valence-corrected chi connectivity index (χ3v) is 4.30. The van der Waals surface area contributed by atoms with Gasteiger partial charge in [-0.15, -0.1) is 0 Å². The zero-order chi connectivity index (χ0) is 13.9. The van der Waals surface area contributed by atoms with Crippen molar-refractivity contribution in [2.75, 3.05) is 0 Å². The molecule has 0 unspecified atom stereocenters. The molecule has 104 valence electrons. The monoisotopic (exact) mass is 306 g/mol. The molecule has 1 aliphatic rings. The second-order valence-electron chi connectivity index (χ2n) is 5.20. The smallest absolute Gasteiger partial charge is 0.0465 e. The van der Waals surface area contributed by atoms with Crippen LogP contribution in [0.5, 0.6) is 0 Å². The molecule has 1 aliphatic carbocycles. The minimum atomic E-state index is 0.641. The molecule has 1 aromatic carbocycles. The van der Waals surface area contributed by atoms with E-state index in [0.717, 1.165) is 28.7 Å². The first-order chi connectivity index (χ1) is 9.74. The van der Waals surface area contributed by atoms with Crippen LogP contribution in [0.15, 0.2) is 42.7 Å². The predicted octanol–water partition coefficient (Wildman–Crippen LogP) is 4.55.